The molecule has 2 nitrogen and oxygen atoms in total. The Labute approximate surface area is 279 Å². The molecule has 0 heterocycles. The number of unbranched alkanes of at least 4 members (excludes halogenated alkanes) is 31. The fraction of sp³-hybridized carbons (Fsp3) is 0.976. The zero-order valence-electron chi connectivity index (χ0n) is 31.1. The molecular formula is C42H84O2. The molecule has 0 fully saturated rings. The predicted molar refractivity (Wildman–Crippen MR) is 198 cm³/mol. The highest BCUT2D eigenvalue weighted by Gasteiger charge is 2.19. The second-order valence-corrected chi connectivity index (χ2v) is 14.4. The topological polar surface area (TPSA) is 26.3 Å². The van der Waals surface area contributed by atoms with Crippen LogP contribution in [0.3, 0.4) is 0 Å². The average molecular weight is 621 g/mol. The second-order valence-electron chi connectivity index (χ2n) is 14.4. The molecular weight excluding hydrogens is 536 g/mol. The summed E-state index contributed by atoms with van der Waals surface area (Å²) in [5.41, 5.74) is 0. The average Bonchev–Trinajstić information content (AvgIpc) is 3.03. The van der Waals surface area contributed by atoms with E-state index < -0.39 is 0 Å². The fourth-order valence-corrected chi connectivity index (χ4v) is 6.72. The number of rotatable bonds is 38. The van der Waals surface area contributed by atoms with Gasteiger partial charge in [-0.1, -0.05) is 233 Å². The largest absolute Gasteiger partial charge is 0.465 e. The quantitative estimate of drug-likeness (QED) is 0.0507. The first-order valence-corrected chi connectivity index (χ1v) is 20.9. The van der Waals surface area contributed by atoms with Gasteiger partial charge in [-0.3, -0.25) is 4.79 Å². The highest BCUT2D eigenvalue weighted by atomic mass is 16.5. The van der Waals surface area contributed by atoms with Crippen LogP contribution < -0.4 is 0 Å². The van der Waals surface area contributed by atoms with Gasteiger partial charge < -0.3 is 4.74 Å². The lowest BCUT2D eigenvalue weighted by molar-refractivity contribution is -0.149. The molecule has 1 unspecified atom stereocenters. The van der Waals surface area contributed by atoms with E-state index >= 15 is 0 Å². The van der Waals surface area contributed by atoms with Gasteiger partial charge in [0.25, 0.3) is 0 Å². The normalized spacial score (nSPS) is 12.2. The Morgan fingerprint density at radius 2 is 0.568 bits per heavy atom. The third kappa shape index (κ3) is 34.3. The van der Waals surface area contributed by atoms with Gasteiger partial charge in [-0.2, -0.15) is 0 Å². The first kappa shape index (κ1) is 43.5. The summed E-state index contributed by atoms with van der Waals surface area (Å²) in [6, 6.07) is 0. The van der Waals surface area contributed by atoms with E-state index in [1.165, 1.54) is 212 Å². The van der Waals surface area contributed by atoms with Crippen molar-refractivity contribution in [2.24, 2.45) is 5.92 Å². The number of carbonyl (C=O) groups excluding carboxylic acids is 1. The van der Waals surface area contributed by atoms with Gasteiger partial charge >= 0.3 is 5.97 Å². The Morgan fingerprint density at radius 3 is 0.841 bits per heavy atom. The maximum absolute atomic E-state index is 13.0. The van der Waals surface area contributed by atoms with E-state index in [9.17, 15) is 4.79 Å². The van der Waals surface area contributed by atoms with Crippen molar-refractivity contribution in [2.75, 3.05) is 6.61 Å². The minimum atomic E-state index is 0.118. The van der Waals surface area contributed by atoms with Crippen molar-refractivity contribution in [3.8, 4) is 0 Å². The van der Waals surface area contributed by atoms with E-state index in [0.29, 0.717) is 6.61 Å². The Bertz CT molecular complexity index is 530. The molecule has 0 aromatic rings. The molecule has 0 rings (SSSR count). The van der Waals surface area contributed by atoms with Crippen LogP contribution in [0.25, 0.3) is 0 Å². The summed E-state index contributed by atoms with van der Waals surface area (Å²) in [5.74, 6) is 0.261. The molecule has 0 spiro atoms. The minimum absolute atomic E-state index is 0.118. The van der Waals surface area contributed by atoms with E-state index in [1.54, 1.807) is 0 Å². The molecule has 44 heavy (non-hydrogen) atoms. The summed E-state index contributed by atoms with van der Waals surface area (Å²) in [4.78, 5) is 13.0. The van der Waals surface area contributed by atoms with Crippen molar-refractivity contribution in [3.63, 3.8) is 0 Å². The lowest BCUT2D eigenvalue weighted by Crippen LogP contribution is -2.18. The van der Waals surface area contributed by atoms with Crippen molar-refractivity contribution in [1.82, 2.24) is 0 Å². The third-order valence-electron chi connectivity index (χ3n) is 9.89. The molecule has 0 aromatic heterocycles. The number of carbonyl (C=O) groups is 1. The van der Waals surface area contributed by atoms with E-state index in [0.717, 1.165) is 19.3 Å². The van der Waals surface area contributed by atoms with Gasteiger partial charge in [0, 0.05) is 0 Å². The molecule has 0 N–H and O–H groups in total. The van der Waals surface area contributed by atoms with Crippen molar-refractivity contribution < 1.29 is 9.53 Å². The summed E-state index contributed by atoms with van der Waals surface area (Å²) >= 11 is 0. The Hall–Kier alpha value is -0.530. The maximum atomic E-state index is 13.0. The highest BCUT2D eigenvalue weighted by molar-refractivity contribution is 5.72. The lowest BCUT2D eigenvalue weighted by Gasteiger charge is -2.16. The SMILES string of the molecule is CCCCCCCCCCCCCCOC(=O)C(CCCCCCCCCCCC)CCCCCCCCCCCCCC. The first-order valence-electron chi connectivity index (χ1n) is 20.9. The zero-order chi connectivity index (χ0) is 32.0. The van der Waals surface area contributed by atoms with Crippen molar-refractivity contribution in [1.29, 1.82) is 0 Å². The molecule has 0 amide bonds. The third-order valence-corrected chi connectivity index (χ3v) is 9.89. The van der Waals surface area contributed by atoms with Gasteiger partial charge in [0.05, 0.1) is 12.5 Å². The molecule has 0 bridgehead atoms. The van der Waals surface area contributed by atoms with Gasteiger partial charge in [-0.05, 0) is 19.3 Å². The van der Waals surface area contributed by atoms with Crippen LogP contribution in [0.15, 0.2) is 0 Å². The molecule has 1 atom stereocenters. The van der Waals surface area contributed by atoms with Crippen LogP contribution in [0.1, 0.15) is 252 Å². The van der Waals surface area contributed by atoms with Crippen LogP contribution in [-0.2, 0) is 9.53 Å². The number of ether oxygens (including phenoxy) is 1. The van der Waals surface area contributed by atoms with Crippen molar-refractivity contribution in [2.45, 2.75) is 252 Å². The maximum Gasteiger partial charge on any atom is 0.308 e. The fourth-order valence-electron chi connectivity index (χ4n) is 6.72. The van der Waals surface area contributed by atoms with E-state index in [2.05, 4.69) is 20.8 Å². The molecule has 0 aliphatic heterocycles. The minimum Gasteiger partial charge on any atom is -0.465 e. The Balaban J connectivity index is 4.04. The predicted octanol–water partition coefficient (Wildman–Crippen LogP) is 15.2. The van der Waals surface area contributed by atoms with E-state index in [1.807, 2.05) is 0 Å². The van der Waals surface area contributed by atoms with Gasteiger partial charge in [0.15, 0.2) is 0 Å². The summed E-state index contributed by atoms with van der Waals surface area (Å²) in [7, 11) is 0. The van der Waals surface area contributed by atoms with E-state index in [-0.39, 0.29) is 11.9 Å². The number of esters is 1. The summed E-state index contributed by atoms with van der Waals surface area (Å²) in [6.07, 6.45) is 48.3. The lowest BCUT2D eigenvalue weighted by atomic mass is 9.94. The molecule has 0 aromatic carbocycles. The van der Waals surface area contributed by atoms with Gasteiger partial charge in [0.1, 0.15) is 0 Å². The number of hydrogen-bond donors (Lipinski definition) is 0. The second kappa shape index (κ2) is 38.7. The number of hydrogen-bond acceptors (Lipinski definition) is 2. The van der Waals surface area contributed by atoms with Crippen LogP contribution in [0.2, 0.25) is 0 Å². The van der Waals surface area contributed by atoms with E-state index in [4.69, 9.17) is 4.74 Å². The molecule has 0 aliphatic carbocycles. The monoisotopic (exact) mass is 621 g/mol. The van der Waals surface area contributed by atoms with Gasteiger partial charge in [-0.15, -0.1) is 0 Å². The molecule has 264 valence electrons. The van der Waals surface area contributed by atoms with Crippen molar-refractivity contribution >= 4 is 5.97 Å². The summed E-state index contributed by atoms with van der Waals surface area (Å²) in [6.45, 7) is 7.52. The molecule has 0 radical (unpaired) electrons. The smallest absolute Gasteiger partial charge is 0.308 e. The summed E-state index contributed by atoms with van der Waals surface area (Å²) in [5, 5.41) is 0. The van der Waals surface area contributed by atoms with Crippen LogP contribution in [0.4, 0.5) is 0 Å². The van der Waals surface area contributed by atoms with Crippen LogP contribution >= 0.6 is 0 Å². The van der Waals surface area contributed by atoms with Crippen LogP contribution in [-0.4, -0.2) is 12.6 Å². The van der Waals surface area contributed by atoms with Gasteiger partial charge in [-0.25, -0.2) is 0 Å². The summed E-state index contributed by atoms with van der Waals surface area (Å²) < 4.78 is 5.86. The highest BCUT2D eigenvalue weighted by Crippen LogP contribution is 2.22. The molecule has 2 heteroatoms. The standard InChI is InChI=1S/C42H84O2/c1-4-7-10-13-16-19-22-24-27-30-33-36-39-41(38-35-32-29-26-21-18-15-12-9-6-3)42(43)44-40-37-34-31-28-25-23-20-17-14-11-8-5-2/h41H,4-40H2,1-3H3. The van der Waals surface area contributed by atoms with Crippen LogP contribution in [0, 0.1) is 5.92 Å². The Kier molecular flexibility index (Phi) is 38.2. The Morgan fingerprint density at radius 1 is 0.341 bits per heavy atom. The molecule has 0 aliphatic rings. The van der Waals surface area contributed by atoms with Crippen LogP contribution in [0.5, 0.6) is 0 Å². The molecule has 0 saturated heterocycles. The first-order chi connectivity index (χ1) is 21.8. The zero-order valence-corrected chi connectivity index (χ0v) is 31.1. The molecule has 0 saturated carbocycles. The van der Waals surface area contributed by atoms with Crippen molar-refractivity contribution in [3.05, 3.63) is 0 Å². The van der Waals surface area contributed by atoms with Gasteiger partial charge in [0.2, 0.25) is 0 Å².